The summed E-state index contributed by atoms with van der Waals surface area (Å²) in [5.41, 5.74) is 15.3. The van der Waals surface area contributed by atoms with E-state index < -0.39 is 11.6 Å². The summed E-state index contributed by atoms with van der Waals surface area (Å²) in [7, 11) is 0. The minimum absolute atomic E-state index is 0.121. The summed E-state index contributed by atoms with van der Waals surface area (Å²) in [6, 6.07) is 47.4. The van der Waals surface area contributed by atoms with Crippen LogP contribution in [0.4, 0.5) is 14.5 Å². The number of hydrogen-bond acceptors (Lipinski definition) is 14. The van der Waals surface area contributed by atoms with E-state index in [2.05, 4.69) is 140 Å². The zero-order valence-electron chi connectivity index (χ0n) is 56.3. The summed E-state index contributed by atoms with van der Waals surface area (Å²) < 4.78 is 26.8. The molecule has 9 aromatic rings. The van der Waals surface area contributed by atoms with Crippen LogP contribution < -0.4 is 21.3 Å². The molecule has 14 nitrogen and oxygen atoms in total. The number of nitrogens with zero attached hydrogens (tertiary/aromatic N) is 8. The van der Waals surface area contributed by atoms with Gasteiger partial charge in [0.25, 0.3) is 0 Å². The van der Waals surface area contributed by atoms with Crippen LogP contribution in [0, 0.1) is 31.4 Å². The Morgan fingerprint density at radius 1 is 0.573 bits per heavy atom. The number of halogens is 3. The van der Waals surface area contributed by atoms with Crippen LogP contribution in [0.1, 0.15) is 115 Å². The van der Waals surface area contributed by atoms with Gasteiger partial charge >= 0.3 is 0 Å². The maximum Gasteiger partial charge on any atom is 0.134 e. The van der Waals surface area contributed by atoms with Gasteiger partial charge in [-0.2, -0.15) is 0 Å². The molecule has 0 radical (unpaired) electrons. The average molecular weight is 1320 g/mol. The lowest BCUT2D eigenvalue weighted by Crippen LogP contribution is -2.49. The van der Waals surface area contributed by atoms with Crippen molar-refractivity contribution < 1.29 is 19.0 Å². The quantitative estimate of drug-likeness (QED) is 0.0337. The first-order valence-corrected chi connectivity index (χ1v) is 34.9. The van der Waals surface area contributed by atoms with Crippen LogP contribution in [-0.4, -0.2) is 121 Å². The number of aryl methyl sites for hydroxylation is 8. The highest BCUT2D eigenvalue weighted by molar-refractivity contribution is 6.32. The molecule has 3 aliphatic heterocycles. The molecule has 12 rings (SSSR count). The lowest BCUT2D eigenvalue weighted by atomic mass is 9.98. The standard InChI is InChI=1S/C28H34F2N4.C26H31ClN4O.C25H30N4O/c1-2-34(20-23-8-5-12-31-18-23)19-22-7-3-9-24(14-22)27-11-13-32-28(33-27)10-4-6-21-15-25(29)17-26(30)16-21;1-18-13-24(22-7-3-6-21(14-22)17-31-12-11-28-16-19(31)2)30-26(29-18)8-4-5-20-9-10-25(32)23(27)15-20;1-18-5-8-20(17-24(18)28-21-11-14-26-15-12-21)23-13-16-27-25(29-23)4-2-3-19-6-9-22(30)10-7-19/h3,7,9,11,13-17,23,31H,2,4-6,8,10,12,18-20H2,1H3;3,6-7,9-10,13-15,19,28,32H,4-5,8,11-12,16-17H2,1-2H3;5-10,13,16-17,21,26,28,30H,2-4,11-12,14-15H2,1H3/t23-;19-;/m00./s1. The third kappa shape index (κ3) is 22.2. The van der Waals surface area contributed by atoms with Gasteiger partial charge in [-0.1, -0.05) is 85.3 Å². The second kappa shape index (κ2) is 36.3. The predicted molar refractivity (Wildman–Crippen MR) is 384 cm³/mol. The van der Waals surface area contributed by atoms with E-state index in [0.717, 1.165) is 204 Å². The average Bonchev–Trinajstić information content (AvgIpc) is 0.915. The molecule has 3 aliphatic rings. The number of benzene rings is 6. The highest BCUT2D eigenvalue weighted by atomic mass is 35.5. The Hall–Kier alpha value is -8.09. The molecule has 0 saturated carbocycles. The molecular weight excluding hydrogens is 1220 g/mol. The van der Waals surface area contributed by atoms with E-state index in [4.69, 9.17) is 26.6 Å². The van der Waals surface area contributed by atoms with Crippen molar-refractivity contribution >= 4 is 17.3 Å². The molecule has 3 saturated heterocycles. The number of nitrogens with one attached hydrogen (secondary N) is 4. The van der Waals surface area contributed by atoms with Gasteiger partial charge in [-0.25, -0.2) is 38.7 Å². The molecule has 0 unspecified atom stereocenters. The fraction of sp³-hybridized carbons (Fsp3) is 0.392. The number of aromatic nitrogens is 6. The fourth-order valence-electron chi connectivity index (χ4n) is 12.9. The zero-order chi connectivity index (χ0) is 67.0. The highest BCUT2D eigenvalue weighted by Crippen LogP contribution is 2.29. The van der Waals surface area contributed by atoms with E-state index >= 15 is 0 Å². The number of hydrogen-bond donors (Lipinski definition) is 6. The normalized spacial score (nSPS) is 15.9. The Morgan fingerprint density at radius 3 is 1.88 bits per heavy atom. The minimum Gasteiger partial charge on any atom is -0.508 e. The summed E-state index contributed by atoms with van der Waals surface area (Å²) >= 11 is 6.02. The van der Waals surface area contributed by atoms with E-state index in [9.17, 15) is 19.0 Å². The van der Waals surface area contributed by atoms with E-state index in [0.29, 0.717) is 41.3 Å². The lowest BCUT2D eigenvalue weighted by Gasteiger charge is -2.33. The summed E-state index contributed by atoms with van der Waals surface area (Å²) in [5, 5.41) is 33.5. The fourth-order valence-corrected chi connectivity index (χ4v) is 13.1. The number of piperidine rings is 2. The van der Waals surface area contributed by atoms with Crippen molar-refractivity contribution in [1.29, 1.82) is 0 Å². The van der Waals surface area contributed by atoms with Gasteiger partial charge in [-0.15, -0.1) is 0 Å². The molecule has 504 valence electrons. The van der Waals surface area contributed by atoms with Crippen LogP contribution in [0.3, 0.4) is 0 Å². The van der Waals surface area contributed by atoms with Gasteiger partial charge in [-0.05, 0) is 230 Å². The Bertz CT molecular complexity index is 3880. The molecule has 96 heavy (non-hydrogen) atoms. The van der Waals surface area contributed by atoms with Crippen molar-refractivity contribution in [3.8, 4) is 45.3 Å². The monoisotopic (exact) mass is 1320 g/mol. The Kier molecular flexibility index (Phi) is 26.7. The number of piperazine rings is 1. The van der Waals surface area contributed by atoms with Gasteiger partial charge < -0.3 is 31.5 Å². The lowest BCUT2D eigenvalue weighted by molar-refractivity contribution is 0.165. The third-order valence-electron chi connectivity index (χ3n) is 18.3. The molecule has 6 heterocycles. The number of anilines is 1. The first kappa shape index (κ1) is 70.7. The highest BCUT2D eigenvalue weighted by Gasteiger charge is 2.20. The Labute approximate surface area is 571 Å². The summed E-state index contributed by atoms with van der Waals surface area (Å²) in [6.07, 6.45) is 15.9. The van der Waals surface area contributed by atoms with Gasteiger partial charge in [0, 0.05) is 117 Å². The molecule has 6 N–H and O–H groups in total. The molecule has 3 fully saturated rings. The van der Waals surface area contributed by atoms with E-state index in [1.54, 1.807) is 24.4 Å². The molecule has 17 heteroatoms. The largest absolute Gasteiger partial charge is 0.508 e. The maximum atomic E-state index is 13.4. The van der Waals surface area contributed by atoms with Gasteiger partial charge in [0.15, 0.2) is 0 Å². The Morgan fingerprint density at radius 2 is 1.20 bits per heavy atom. The molecule has 0 aliphatic carbocycles. The topological polar surface area (TPSA) is 172 Å². The first-order valence-electron chi connectivity index (χ1n) is 34.6. The van der Waals surface area contributed by atoms with Crippen LogP contribution in [0.25, 0.3) is 33.8 Å². The SMILES string of the molecule is CCN(Cc1cccc(-c2ccnc(CCCc3cc(F)cc(F)c3)n2)c1)C[C@H]1CCCNC1.Cc1cc(-c2cccc(CN3CCNC[C@@H]3C)c2)nc(CCCc2ccc(O)c(Cl)c2)n1.Cc1ccc(-c2ccnc(CCCc3ccc(O)cc3)n2)cc1NC1CCNCC1. The third-order valence-corrected chi connectivity index (χ3v) is 18.6. The second-order valence-electron chi connectivity index (χ2n) is 26.0. The van der Waals surface area contributed by atoms with Crippen molar-refractivity contribution in [2.75, 3.05) is 64.2 Å². The molecular formula is C79H95ClF2N12O2. The summed E-state index contributed by atoms with van der Waals surface area (Å²) in [4.78, 5) is 33.0. The predicted octanol–water partition coefficient (Wildman–Crippen LogP) is 14.7. The van der Waals surface area contributed by atoms with Crippen LogP contribution in [-0.2, 0) is 51.6 Å². The van der Waals surface area contributed by atoms with Gasteiger partial charge in [0.05, 0.1) is 22.1 Å². The number of phenols is 2. The molecule has 3 aromatic heterocycles. The van der Waals surface area contributed by atoms with Gasteiger partial charge in [-0.3, -0.25) is 9.80 Å². The Balaban J connectivity index is 0.000000157. The van der Waals surface area contributed by atoms with E-state index in [1.165, 1.54) is 52.9 Å². The number of rotatable bonds is 24. The number of aromatic hydroxyl groups is 2. The van der Waals surface area contributed by atoms with Crippen molar-refractivity contribution in [1.82, 2.24) is 55.7 Å². The van der Waals surface area contributed by atoms with Gasteiger partial charge in [0.1, 0.15) is 40.6 Å². The van der Waals surface area contributed by atoms with Crippen LogP contribution in [0.15, 0.2) is 158 Å². The van der Waals surface area contributed by atoms with Crippen molar-refractivity contribution in [2.24, 2.45) is 5.92 Å². The van der Waals surface area contributed by atoms with Crippen molar-refractivity contribution in [2.45, 2.75) is 136 Å². The van der Waals surface area contributed by atoms with Crippen LogP contribution in [0.5, 0.6) is 11.5 Å². The molecule has 0 spiro atoms. The van der Waals surface area contributed by atoms with E-state index in [-0.39, 0.29) is 5.75 Å². The first-order chi connectivity index (χ1) is 46.7. The molecule has 0 amide bonds. The maximum absolute atomic E-state index is 13.4. The zero-order valence-corrected chi connectivity index (χ0v) is 57.1. The van der Waals surface area contributed by atoms with Gasteiger partial charge in [0.2, 0.25) is 0 Å². The summed E-state index contributed by atoms with van der Waals surface area (Å²) in [6.45, 7) is 20.3. The van der Waals surface area contributed by atoms with Crippen LogP contribution >= 0.6 is 11.6 Å². The van der Waals surface area contributed by atoms with Crippen molar-refractivity contribution in [3.05, 3.63) is 231 Å². The second-order valence-corrected chi connectivity index (χ2v) is 26.4. The number of phenolic OH excluding ortho intramolecular Hbond substituents is 2. The smallest absolute Gasteiger partial charge is 0.134 e. The molecule has 2 atom stereocenters. The van der Waals surface area contributed by atoms with E-state index in [1.807, 2.05) is 49.5 Å². The molecule has 6 aromatic carbocycles. The van der Waals surface area contributed by atoms with Crippen LogP contribution in [0.2, 0.25) is 5.02 Å². The minimum atomic E-state index is -0.537. The summed E-state index contributed by atoms with van der Waals surface area (Å²) in [5.74, 6) is 2.57. The molecule has 0 bridgehead atoms. The van der Waals surface area contributed by atoms with Crippen molar-refractivity contribution in [3.63, 3.8) is 0 Å².